The minimum absolute atomic E-state index is 0.0249. The van der Waals surface area contributed by atoms with Crippen molar-refractivity contribution in [2.75, 3.05) is 24.5 Å². The van der Waals surface area contributed by atoms with Gasteiger partial charge in [0.05, 0.1) is 10.8 Å². The van der Waals surface area contributed by atoms with Gasteiger partial charge in [0.1, 0.15) is 0 Å². The van der Waals surface area contributed by atoms with E-state index in [1.807, 2.05) is 4.90 Å². The van der Waals surface area contributed by atoms with Crippen LogP contribution in [0.5, 0.6) is 0 Å². The van der Waals surface area contributed by atoms with Crippen LogP contribution < -0.4 is 20.9 Å². The SMILES string of the molecule is Cc1cc(=O)n2nc(N3CCCC(C(=O)NCCc4ccc(S(N)(=O)=O)cc4)C3)sc2n1. The molecule has 2 aromatic heterocycles. The molecule has 3 N–H and O–H groups in total. The smallest absolute Gasteiger partial charge is 0.275 e. The summed E-state index contributed by atoms with van der Waals surface area (Å²) in [5.41, 5.74) is 1.35. The number of primary sulfonamides is 1. The van der Waals surface area contributed by atoms with Crippen LogP contribution in [-0.2, 0) is 21.2 Å². The number of fused-ring (bicyclic) bond motifs is 1. The number of rotatable bonds is 6. The van der Waals surface area contributed by atoms with Crippen LogP contribution in [0.2, 0.25) is 0 Å². The Morgan fingerprint density at radius 2 is 2.06 bits per heavy atom. The zero-order valence-electron chi connectivity index (χ0n) is 17.5. The zero-order chi connectivity index (χ0) is 22.9. The highest BCUT2D eigenvalue weighted by atomic mass is 32.2. The number of carbonyl (C=O) groups excluding carboxylic acids is 1. The van der Waals surface area contributed by atoms with Crippen LogP contribution in [0.1, 0.15) is 24.1 Å². The van der Waals surface area contributed by atoms with Crippen LogP contribution in [0.3, 0.4) is 0 Å². The van der Waals surface area contributed by atoms with Gasteiger partial charge in [-0.2, -0.15) is 4.52 Å². The van der Waals surface area contributed by atoms with Crippen molar-refractivity contribution in [2.45, 2.75) is 31.1 Å². The number of hydrogen-bond donors (Lipinski definition) is 2. The van der Waals surface area contributed by atoms with E-state index in [4.69, 9.17) is 5.14 Å². The average Bonchev–Trinajstić information content (AvgIpc) is 3.18. The van der Waals surface area contributed by atoms with Gasteiger partial charge in [0.15, 0.2) is 0 Å². The van der Waals surface area contributed by atoms with Crippen LogP contribution >= 0.6 is 11.3 Å². The Hall–Kier alpha value is -2.83. The Morgan fingerprint density at radius 3 is 2.78 bits per heavy atom. The van der Waals surface area contributed by atoms with Gasteiger partial charge in [-0.15, -0.1) is 5.10 Å². The van der Waals surface area contributed by atoms with Crippen molar-refractivity contribution in [2.24, 2.45) is 11.1 Å². The molecule has 0 bridgehead atoms. The number of sulfonamides is 1. The number of benzene rings is 1. The Labute approximate surface area is 189 Å². The lowest BCUT2D eigenvalue weighted by atomic mass is 9.97. The number of aryl methyl sites for hydroxylation is 1. The van der Waals surface area contributed by atoms with Crippen molar-refractivity contribution in [1.82, 2.24) is 19.9 Å². The first-order valence-electron chi connectivity index (χ1n) is 10.2. The maximum absolute atomic E-state index is 12.7. The molecule has 170 valence electrons. The van der Waals surface area contributed by atoms with Crippen LogP contribution in [0.15, 0.2) is 40.0 Å². The first-order valence-corrected chi connectivity index (χ1v) is 12.6. The highest BCUT2D eigenvalue weighted by Crippen LogP contribution is 2.27. The molecule has 3 heterocycles. The second-order valence-corrected chi connectivity index (χ2v) is 10.3. The molecule has 1 amide bonds. The van der Waals surface area contributed by atoms with Crippen LogP contribution in [0, 0.1) is 12.8 Å². The van der Waals surface area contributed by atoms with E-state index in [2.05, 4.69) is 15.4 Å². The third kappa shape index (κ3) is 4.97. The van der Waals surface area contributed by atoms with Crippen molar-refractivity contribution in [3.8, 4) is 0 Å². The van der Waals surface area contributed by atoms with Gasteiger partial charge in [0, 0.05) is 31.4 Å². The highest BCUT2D eigenvalue weighted by molar-refractivity contribution is 7.89. The van der Waals surface area contributed by atoms with E-state index >= 15 is 0 Å². The number of piperidine rings is 1. The molecule has 12 heteroatoms. The quantitative estimate of drug-likeness (QED) is 0.533. The van der Waals surface area contributed by atoms with E-state index in [1.54, 1.807) is 19.1 Å². The average molecular weight is 477 g/mol. The van der Waals surface area contributed by atoms with Crippen LogP contribution in [-0.4, -0.2) is 48.6 Å². The largest absolute Gasteiger partial charge is 0.355 e. The Bertz CT molecular complexity index is 1300. The van der Waals surface area contributed by atoms with E-state index < -0.39 is 10.0 Å². The number of nitrogens with zero attached hydrogens (tertiary/aromatic N) is 4. The minimum atomic E-state index is -3.71. The summed E-state index contributed by atoms with van der Waals surface area (Å²) in [4.78, 5) is 31.8. The molecular weight excluding hydrogens is 452 g/mol. The van der Waals surface area contributed by atoms with Gasteiger partial charge >= 0.3 is 0 Å². The van der Waals surface area contributed by atoms with Crippen molar-refractivity contribution in [3.05, 3.63) is 51.9 Å². The molecular formula is C20H24N6O4S2. The van der Waals surface area contributed by atoms with E-state index in [9.17, 15) is 18.0 Å². The highest BCUT2D eigenvalue weighted by Gasteiger charge is 2.27. The molecule has 3 aromatic rings. The number of nitrogens with one attached hydrogen (secondary N) is 1. The molecule has 1 atom stereocenters. The lowest BCUT2D eigenvalue weighted by Crippen LogP contribution is -2.43. The van der Waals surface area contributed by atoms with Gasteiger partial charge < -0.3 is 10.2 Å². The number of anilines is 1. The number of aromatic nitrogens is 3. The fraction of sp³-hybridized carbons (Fsp3) is 0.400. The summed E-state index contributed by atoms with van der Waals surface area (Å²) in [6.07, 6.45) is 2.22. The molecule has 4 rings (SSSR count). The monoisotopic (exact) mass is 476 g/mol. The maximum atomic E-state index is 12.7. The molecule has 1 unspecified atom stereocenters. The van der Waals surface area contributed by atoms with Gasteiger partial charge in [-0.3, -0.25) is 9.59 Å². The topological polar surface area (TPSA) is 140 Å². The van der Waals surface area contributed by atoms with Gasteiger partial charge in [0.25, 0.3) is 5.56 Å². The standard InChI is InChI=1S/C20H24N6O4S2/c1-13-11-17(27)26-19(23-13)31-20(24-26)25-10-2-3-15(12-25)18(28)22-9-8-14-4-6-16(7-5-14)32(21,29)30/h4-7,11,15H,2-3,8-10,12H2,1H3,(H,22,28)(H2,21,29,30). The lowest BCUT2D eigenvalue weighted by Gasteiger charge is -2.31. The summed E-state index contributed by atoms with van der Waals surface area (Å²) in [5.74, 6) is -0.199. The predicted molar refractivity (Wildman–Crippen MR) is 121 cm³/mol. The number of hydrogen-bond acceptors (Lipinski definition) is 8. The van der Waals surface area contributed by atoms with Crippen molar-refractivity contribution in [3.63, 3.8) is 0 Å². The third-order valence-corrected chi connectivity index (χ3v) is 7.29. The summed E-state index contributed by atoms with van der Waals surface area (Å²) in [5, 5.41) is 13.2. The van der Waals surface area contributed by atoms with Crippen molar-refractivity contribution >= 4 is 37.4 Å². The molecule has 1 aromatic carbocycles. The Morgan fingerprint density at radius 1 is 1.31 bits per heavy atom. The molecule has 0 aliphatic carbocycles. The summed E-state index contributed by atoms with van der Waals surface area (Å²) in [6, 6.07) is 7.76. The van der Waals surface area contributed by atoms with Gasteiger partial charge in [-0.05, 0) is 43.9 Å². The normalized spacial score (nSPS) is 16.9. The molecule has 32 heavy (non-hydrogen) atoms. The Balaban J connectivity index is 1.34. The molecule has 10 nitrogen and oxygen atoms in total. The summed E-state index contributed by atoms with van der Waals surface area (Å²) in [6.45, 7) is 3.52. The second-order valence-electron chi connectivity index (χ2n) is 7.83. The summed E-state index contributed by atoms with van der Waals surface area (Å²) >= 11 is 1.35. The van der Waals surface area contributed by atoms with Gasteiger partial charge in [-0.25, -0.2) is 18.5 Å². The van der Waals surface area contributed by atoms with E-state index in [0.717, 1.165) is 24.9 Å². The zero-order valence-corrected chi connectivity index (χ0v) is 19.2. The fourth-order valence-electron chi connectivity index (χ4n) is 3.72. The number of nitrogens with two attached hydrogens (primary N) is 1. The Kier molecular flexibility index (Phi) is 6.26. The minimum Gasteiger partial charge on any atom is -0.355 e. The second kappa shape index (κ2) is 8.96. The first-order chi connectivity index (χ1) is 15.2. The van der Waals surface area contributed by atoms with E-state index in [-0.39, 0.29) is 22.3 Å². The maximum Gasteiger partial charge on any atom is 0.275 e. The fourth-order valence-corrected chi connectivity index (χ4v) is 5.23. The molecule has 0 spiro atoms. The summed E-state index contributed by atoms with van der Waals surface area (Å²) in [7, 11) is -3.71. The molecule has 0 saturated carbocycles. The first kappa shape index (κ1) is 22.4. The van der Waals surface area contributed by atoms with E-state index in [0.29, 0.717) is 35.3 Å². The van der Waals surface area contributed by atoms with Crippen molar-refractivity contribution < 1.29 is 13.2 Å². The number of amides is 1. The van der Waals surface area contributed by atoms with E-state index in [1.165, 1.54) is 34.1 Å². The molecule has 1 saturated heterocycles. The predicted octanol–water partition coefficient (Wildman–Crippen LogP) is 0.682. The van der Waals surface area contributed by atoms with Crippen molar-refractivity contribution in [1.29, 1.82) is 0 Å². The third-order valence-electron chi connectivity index (χ3n) is 5.39. The van der Waals surface area contributed by atoms with Crippen LogP contribution in [0.4, 0.5) is 5.13 Å². The van der Waals surface area contributed by atoms with Gasteiger partial charge in [0.2, 0.25) is 26.0 Å². The lowest BCUT2D eigenvalue weighted by molar-refractivity contribution is -0.125. The van der Waals surface area contributed by atoms with Crippen LogP contribution in [0.25, 0.3) is 4.96 Å². The molecule has 1 fully saturated rings. The molecule has 1 aliphatic heterocycles. The van der Waals surface area contributed by atoms with Gasteiger partial charge in [-0.1, -0.05) is 23.5 Å². The molecule has 0 radical (unpaired) electrons. The number of carbonyl (C=O) groups is 1. The molecule has 1 aliphatic rings. The summed E-state index contributed by atoms with van der Waals surface area (Å²) < 4.78 is 24.0.